The van der Waals surface area contributed by atoms with Crippen molar-refractivity contribution >= 4 is 11.8 Å². The molecule has 1 aromatic carbocycles. The summed E-state index contributed by atoms with van der Waals surface area (Å²) in [7, 11) is 0. The second kappa shape index (κ2) is 9.36. The van der Waals surface area contributed by atoms with Gasteiger partial charge in [0.1, 0.15) is 0 Å². The summed E-state index contributed by atoms with van der Waals surface area (Å²) in [4.78, 5) is 28.5. The smallest absolute Gasteiger partial charge is 0.225 e. The Morgan fingerprint density at radius 1 is 1.07 bits per heavy atom. The van der Waals surface area contributed by atoms with Gasteiger partial charge in [-0.15, -0.1) is 0 Å². The third-order valence-electron chi connectivity index (χ3n) is 5.94. The van der Waals surface area contributed by atoms with Crippen LogP contribution in [0.5, 0.6) is 0 Å². The summed E-state index contributed by atoms with van der Waals surface area (Å²) in [5.74, 6) is 0.815. The third kappa shape index (κ3) is 5.55. The first-order chi connectivity index (χ1) is 13.0. The Kier molecular flexibility index (Phi) is 6.89. The number of likely N-dealkylation sites (tertiary alicyclic amines) is 2. The van der Waals surface area contributed by atoms with Crippen molar-refractivity contribution in [2.45, 2.75) is 52.6 Å². The second-order valence-electron chi connectivity index (χ2n) is 8.27. The van der Waals surface area contributed by atoms with E-state index in [9.17, 15) is 9.59 Å². The normalized spacial score (nSPS) is 23.9. The van der Waals surface area contributed by atoms with Crippen molar-refractivity contribution in [1.82, 2.24) is 15.1 Å². The summed E-state index contributed by atoms with van der Waals surface area (Å²) in [5.41, 5.74) is 2.50. The lowest BCUT2D eigenvalue weighted by Gasteiger charge is -2.32. The van der Waals surface area contributed by atoms with Gasteiger partial charge >= 0.3 is 0 Å². The van der Waals surface area contributed by atoms with Crippen LogP contribution in [0.2, 0.25) is 0 Å². The summed E-state index contributed by atoms with van der Waals surface area (Å²) in [6.45, 7) is 9.07. The van der Waals surface area contributed by atoms with E-state index in [-0.39, 0.29) is 17.7 Å². The lowest BCUT2D eigenvalue weighted by Crippen LogP contribution is -2.44. The maximum atomic E-state index is 12.6. The number of benzene rings is 1. The van der Waals surface area contributed by atoms with Crippen LogP contribution in [0.15, 0.2) is 24.3 Å². The molecule has 0 bridgehead atoms. The number of nitrogens with zero attached hydrogens (tertiary/aromatic N) is 2. The molecule has 0 unspecified atom stereocenters. The molecule has 0 aliphatic carbocycles. The van der Waals surface area contributed by atoms with E-state index in [1.807, 2.05) is 6.07 Å². The van der Waals surface area contributed by atoms with Crippen molar-refractivity contribution in [1.29, 1.82) is 0 Å². The van der Waals surface area contributed by atoms with Gasteiger partial charge in [-0.25, -0.2) is 0 Å². The summed E-state index contributed by atoms with van der Waals surface area (Å²) in [6.07, 6.45) is 4.37. The lowest BCUT2D eigenvalue weighted by atomic mass is 9.96. The third-order valence-corrected chi connectivity index (χ3v) is 5.94. The van der Waals surface area contributed by atoms with Gasteiger partial charge < -0.3 is 10.2 Å². The first-order valence-electron chi connectivity index (χ1n) is 10.4. The Labute approximate surface area is 163 Å². The molecule has 2 aliphatic heterocycles. The Hall–Kier alpha value is -1.88. The molecule has 5 heteroatoms. The van der Waals surface area contributed by atoms with Crippen molar-refractivity contribution in [3.05, 3.63) is 35.4 Å². The average Bonchev–Trinajstić information content (AvgIpc) is 2.67. The maximum Gasteiger partial charge on any atom is 0.225 e. The van der Waals surface area contributed by atoms with Crippen LogP contribution < -0.4 is 5.32 Å². The van der Waals surface area contributed by atoms with Crippen molar-refractivity contribution in [2.24, 2.45) is 11.8 Å². The van der Waals surface area contributed by atoms with Crippen LogP contribution in [-0.2, 0) is 22.7 Å². The molecule has 2 amide bonds. The fourth-order valence-corrected chi connectivity index (χ4v) is 4.36. The minimum Gasteiger partial charge on any atom is -0.352 e. The molecule has 2 saturated heterocycles. The number of carbonyl (C=O) groups is 2. The van der Waals surface area contributed by atoms with E-state index in [1.165, 1.54) is 24.0 Å². The first kappa shape index (κ1) is 19.9. The van der Waals surface area contributed by atoms with E-state index in [1.54, 1.807) is 11.8 Å². The van der Waals surface area contributed by atoms with Gasteiger partial charge in [0, 0.05) is 39.6 Å². The van der Waals surface area contributed by atoms with E-state index in [0.717, 1.165) is 44.9 Å². The zero-order chi connectivity index (χ0) is 19.2. The highest BCUT2D eigenvalue weighted by Gasteiger charge is 2.27. The Bertz CT molecular complexity index is 661. The molecule has 3 rings (SSSR count). The number of amides is 2. The lowest BCUT2D eigenvalue weighted by molar-refractivity contribution is -0.134. The fraction of sp³-hybridized carbons (Fsp3) is 0.636. The number of rotatable bonds is 5. The van der Waals surface area contributed by atoms with E-state index < -0.39 is 0 Å². The molecule has 2 aliphatic rings. The van der Waals surface area contributed by atoms with Gasteiger partial charge in [0.25, 0.3) is 0 Å². The van der Waals surface area contributed by atoms with Gasteiger partial charge in [-0.2, -0.15) is 0 Å². The van der Waals surface area contributed by atoms with Crippen LogP contribution in [0.25, 0.3) is 0 Å². The Balaban J connectivity index is 1.56. The van der Waals surface area contributed by atoms with Crippen LogP contribution in [0.1, 0.15) is 50.7 Å². The van der Waals surface area contributed by atoms with Crippen molar-refractivity contribution in [2.75, 3.05) is 26.2 Å². The summed E-state index contributed by atoms with van der Waals surface area (Å²) < 4.78 is 0. The second-order valence-corrected chi connectivity index (χ2v) is 8.27. The van der Waals surface area contributed by atoms with Crippen molar-refractivity contribution in [3.8, 4) is 0 Å². The molecule has 0 aromatic heterocycles. The molecule has 2 atom stereocenters. The van der Waals surface area contributed by atoms with E-state index in [4.69, 9.17) is 0 Å². The van der Waals surface area contributed by atoms with Gasteiger partial charge in [0.15, 0.2) is 0 Å². The summed E-state index contributed by atoms with van der Waals surface area (Å²) in [5, 5.41) is 3.12. The van der Waals surface area contributed by atoms with E-state index >= 15 is 0 Å². The van der Waals surface area contributed by atoms with Crippen LogP contribution in [0.3, 0.4) is 0 Å². The van der Waals surface area contributed by atoms with Gasteiger partial charge in [-0.3, -0.25) is 14.5 Å². The van der Waals surface area contributed by atoms with Crippen LogP contribution >= 0.6 is 0 Å². The highest BCUT2D eigenvalue weighted by Crippen LogP contribution is 2.20. The molecule has 27 heavy (non-hydrogen) atoms. The predicted octanol–water partition coefficient (Wildman–Crippen LogP) is 2.79. The molecule has 0 spiro atoms. The number of piperidine rings is 2. The average molecular weight is 372 g/mol. The van der Waals surface area contributed by atoms with Gasteiger partial charge in [-0.05, 0) is 49.3 Å². The minimum absolute atomic E-state index is 0.0635. The zero-order valence-electron chi connectivity index (χ0n) is 16.7. The number of carbonyl (C=O) groups excluding carboxylic acids is 2. The standard InChI is InChI=1S/C22H33N3O2/c1-17-7-5-11-24(14-17)15-20-9-4-3-8-19(20)13-23-22(27)21-10-6-12-25(16-21)18(2)26/h3-4,8-9,17,21H,5-7,10-16H2,1-2H3,(H,23,27)/t17-,21-/m1/s1. The molecule has 2 heterocycles. The molecule has 0 radical (unpaired) electrons. The van der Waals surface area contributed by atoms with Crippen LogP contribution in [-0.4, -0.2) is 47.8 Å². The molecule has 1 N–H and O–H groups in total. The van der Waals surface area contributed by atoms with E-state index in [2.05, 4.69) is 35.3 Å². The van der Waals surface area contributed by atoms with Gasteiger partial charge in [-0.1, -0.05) is 31.2 Å². The van der Waals surface area contributed by atoms with Crippen LogP contribution in [0.4, 0.5) is 0 Å². The zero-order valence-corrected chi connectivity index (χ0v) is 16.7. The molecule has 5 nitrogen and oxygen atoms in total. The highest BCUT2D eigenvalue weighted by molar-refractivity contribution is 5.80. The van der Waals surface area contributed by atoms with E-state index in [0.29, 0.717) is 13.1 Å². The minimum atomic E-state index is -0.0854. The topological polar surface area (TPSA) is 52.7 Å². The van der Waals surface area contributed by atoms with Crippen molar-refractivity contribution < 1.29 is 9.59 Å². The molecular weight excluding hydrogens is 338 g/mol. The molecular formula is C22H33N3O2. The monoisotopic (exact) mass is 371 g/mol. The van der Waals surface area contributed by atoms with Crippen LogP contribution in [0, 0.1) is 11.8 Å². The molecule has 2 fully saturated rings. The predicted molar refractivity (Wildman–Crippen MR) is 107 cm³/mol. The number of hydrogen-bond donors (Lipinski definition) is 1. The summed E-state index contributed by atoms with van der Waals surface area (Å²) in [6, 6.07) is 8.42. The van der Waals surface area contributed by atoms with Gasteiger partial charge in [0.05, 0.1) is 5.92 Å². The molecule has 1 aromatic rings. The Morgan fingerprint density at radius 2 is 1.81 bits per heavy atom. The molecule has 148 valence electrons. The van der Waals surface area contributed by atoms with Crippen molar-refractivity contribution in [3.63, 3.8) is 0 Å². The fourth-order valence-electron chi connectivity index (χ4n) is 4.36. The highest BCUT2D eigenvalue weighted by atomic mass is 16.2. The SMILES string of the molecule is CC(=O)N1CCC[C@@H](C(=O)NCc2ccccc2CN2CCC[C@@H](C)C2)C1. The molecule has 0 saturated carbocycles. The first-order valence-corrected chi connectivity index (χ1v) is 10.4. The van der Waals surface area contributed by atoms with Gasteiger partial charge in [0.2, 0.25) is 11.8 Å². The number of hydrogen-bond acceptors (Lipinski definition) is 3. The number of nitrogens with one attached hydrogen (secondary N) is 1. The summed E-state index contributed by atoms with van der Waals surface area (Å²) >= 11 is 0. The largest absolute Gasteiger partial charge is 0.352 e. The maximum absolute atomic E-state index is 12.6. The quantitative estimate of drug-likeness (QED) is 0.866. The Morgan fingerprint density at radius 3 is 2.56 bits per heavy atom.